The number of hydrogen-bond acceptors (Lipinski definition) is 5. The van der Waals surface area contributed by atoms with Crippen molar-refractivity contribution in [3.05, 3.63) is 70.3 Å². The Balaban J connectivity index is 1.73. The number of amides is 1. The van der Waals surface area contributed by atoms with Gasteiger partial charge in [0.15, 0.2) is 0 Å². The van der Waals surface area contributed by atoms with Crippen molar-refractivity contribution < 1.29 is 19.4 Å². The van der Waals surface area contributed by atoms with Crippen LogP contribution in [0.25, 0.3) is 5.76 Å². The number of ether oxygens (including phenoxy) is 1. The average Bonchev–Trinajstić information content (AvgIpc) is 3.37. The van der Waals surface area contributed by atoms with Gasteiger partial charge in [-0.05, 0) is 73.8 Å². The number of benzene rings is 2. The fraction of sp³-hybridized carbons (Fsp3) is 0.467. The van der Waals surface area contributed by atoms with Gasteiger partial charge in [0.05, 0.1) is 11.6 Å². The summed E-state index contributed by atoms with van der Waals surface area (Å²) in [6.45, 7) is 13.7. The Morgan fingerprint density at radius 2 is 1.81 bits per heavy atom. The first-order valence-electron chi connectivity index (χ1n) is 13.2. The molecule has 0 radical (unpaired) electrons. The monoisotopic (exact) mass is 490 g/mol. The average molecular weight is 491 g/mol. The zero-order valence-electron chi connectivity index (χ0n) is 22.1. The van der Waals surface area contributed by atoms with Gasteiger partial charge in [-0.1, -0.05) is 52.0 Å². The van der Waals surface area contributed by atoms with E-state index in [1.807, 2.05) is 43.3 Å². The number of nitrogens with zero attached hydrogens (tertiary/aromatic N) is 2. The Labute approximate surface area is 214 Å². The number of carbonyl (C=O) groups is 2. The number of hydrogen-bond donors (Lipinski definition) is 1. The topological polar surface area (TPSA) is 70.1 Å². The minimum Gasteiger partial charge on any atom is -0.507 e. The molecule has 1 fully saturated rings. The Morgan fingerprint density at radius 3 is 2.44 bits per heavy atom. The Morgan fingerprint density at radius 1 is 1.11 bits per heavy atom. The Hall–Kier alpha value is -3.12. The molecule has 2 heterocycles. The molecule has 2 atom stereocenters. The van der Waals surface area contributed by atoms with Crippen LogP contribution in [0.1, 0.15) is 75.3 Å². The SMILES string of the molecule is CCN(CC)CCCN1C(=O)C(=O)C(=C(O)c2ccc3c(c2)C[C@@H](C)O3)[C@@H]1c1ccc(C(C)C)cc1. The maximum atomic E-state index is 13.3. The quantitative estimate of drug-likeness (QED) is 0.294. The molecule has 0 aliphatic carbocycles. The van der Waals surface area contributed by atoms with Crippen LogP contribution in [0.2, 0.25) is 0 Å². The van der Waals surface area contributed by atoms with Crippen LogP contribution in [0.3, 0.4) is 0 Å². The third-order valence-corrected chi connectivity index (χ3v) is 7.40. The molecule has 0 aromatic heterocycles. The molecular weight excluding hydrogens is 452 g/mol. The van der Waals surface area contributed by atoms with Gasteiger partial charge < -0.3 is 19.6 Å². The molecule has 192 valence electrons. The molecular formula is C30H38N2O4. The molecule has 2 aromatic rings. The van der Waals surface area contributed by atoms with Crippen LogP contribution in [0.4, 0.5) is 0 Å². The lowest BCUT2D eigenvalue weighted by atomic mass is 9.92. The van der Waals surface area contributed by atoms with E-state index in [9.17, 15) is 14.7 Å². The molecule has 2 aliphatic rings. The van der Waals surface area contributed by atoms with E-state index in [0.29, 0.717) is 18.0 Å². The van der Waals surface area contributed by atoms with E-state index in [1.54, 1.807) is 11.0 Å². The van der Waals surface area contributed by atoms with E-state index in [4.69, 9.17) is 4.74 Å². The second-order valence-corrected chi connectivity index (χ2v) is 10.1. The predicted molar refractivity (Wildman–Crippen MR) is 142 cm³/mol. The largest absolute Gasteiger partial charge is 0.507 e. The van der Waals surface area contributed by atoms with Crippen LogP contribution in [-0.4, -0.2) is 58.9 Å². The maximum absolute atomic E-state index is 13.3. The highest BCUT2D eigenvalue weighted by molar-refractivity contribution is 6.46. The second kappa shape index (κ2) is 10.9. The molecule has 1 N–H and O–H groups in total. The lowest BCUT2D eigenvalue weighted by Crippen LogP contribution is -2.33. The van der Waals surface area contributed by atoms with Gasteiger partial charge in [0.1, 0.15) is 17.6 Å². The van der Waals surface area contributed by atoms with E-state index in [0.717, 1.165) is 49.4 Å². The van der Waals surface area contributed by atoms with Gasteiger partial charge in [0, 0.05) is 18.5 Å². The number of aliphatic hydroxyl groups excluding tert-OH is 1. The Bertz CT molecular complexity index is 1150. The van der Waals surface area contributed by atoms with Gasteiger partial charge in [-0.25, -0.2) is 0 Å². The van der Waals surface area contributed by atoms with Gasteiger partial charge in [-0.3, -0.25) is 9.59 Å². The van der Waals surface area contributed by atoms with Gasteiger partial charge in [0.2, 0.25) is 0 Å². The zero-order chi connectivity index (χ0) is 26.0. The fourth-order valence-corrected chi connectivity index (χ4v) is 5.25. The molecule has 1 saturated heterocycles. The summed E-state index contributed by atoms with van der Waals surface area (Å²) in [5, 5.41) is 11.4. The summed E-state index contributed by atoms with van der Waals surface area (Å²) < 4.78 is 5.79. The number of likely N-dealkylation sites (tertiary alicyclic amines) is 1. The molecule has 0 bridgehead atoms. The van der Waals surface area contributed by atoms with Crippen molar-refractivity contribution in [2.45, 2.75) is 65.5 Å². The normalized spacial score (nSPS) is 20.9. The van der Waals surface area contributed by atoms with Crippen LogP contribution in [-0.2, 0) is 16.0 Å². The van der Waals surface area contributed by atoms with E-state index in [1.165, 1.54) is 5.56 Å². The number of Topliss-reactive ketones (excluding diaryl/α,β-unsaturated/α-hetero) is 1. The van der Waals surface area contributed by atoms with Crippen LogP contribution >= 0.6 is 0 Å². The van der Waals surface area contributed by atoms with Crippen LogP contribution in [0.15, 0.2) is 48.0 Å². The standard InChI is InChI=1S/C30H38N2O4/c1-6-31(7-2)15-8-16-32-27(22-11-9-21(10-12-22)19(3)4)26(29(34)30(32)35)28(33)23-13-14-25-24(18-23)17-20(5)36-25/h9-14,18-20,27,33H,6-8,15-17H2,1-5H3/t20-,27+/m1/s1. The highest BCUT2D eigenvalue weighted by atomic mass is 16.5. The summed E-state index contributed by atoms with van der Waals surface area (Å²) >= 11 is 0. The molecule has 6 nitrogen and oxygen atoms in total. The van der Waals surface area contributed by atoms with E-state index in [-0.39, 0.29) is 17.4 Å². The Kier molecular flexibility index (Phi) is 7.84. The summed E-state index contributed by atoms with van der Waals surface area (Å²) in [4.78, 5) is 30.5. The number of aliphatic hydroxyl groups is 1. The first kappa shape index (κ1) is 26.0. The molecule has 4 rings (SSSR count). The van der Waals surface area contributed by atoms with Crippen molar-refractivity contribution in [1.29, 1.82) is 0 Å². The van der Waals surface area contributed by atoms with Crippen molar-refractivity contribution in [2.24, 2.45) is 0 Å². The summed E-state index contributed by atoms with van der Waals surface area (Å²) in [5.74, 6) is -0.127. The van der Waals surface area contributed by atoms with E-state index in [2.05, 4.69) is 32.6 Å². The number of fused-ring (bicyclic) bond motifs is 1. The predicted octanol–water partition coefficient (Wildman–Crippen LogP) is 5.29. The molecule has 2 aliphatic heterocycles. The minimum atomic E-state index is -0.626. The van der Waals surface area contributed by atoms with Crippen LogP contribution < -0.4 is 4.74 Å². The summed E-state index contributed by atoms with van der Waals surface area (Å²) in [6, 6.07) is 12.9. The van der Waals surface area contributed by atoms with Crippen molar-refractivity contribution in [3.63, 3.8) is 0 Å². The third-order valence-electron chi connectivity index (χ3n) is 7.40. The molecule has 0 saturated carbocycles. The van der Waals surface area contributed by atoms with Gasteiger partial charge in [-0.2, -0.15) is 0 Å². The van der Waals surface area contributed by atoms with Gasteiger partial charge in [-0.15, -0.1) is 0 Å². The highest BCUT2D eigenvalue weighted by Crippen LogP contribution is 2.41. The van der Waals surface area contributed by atoms with E-state index >= 15 is 0 Å². The molecule has 36 heavy (non-hydrogen) atoms. The van der Waals surface area contributed by atoms with Crippen molar-refractivity contribution in [1.82, 2.24) is 9.80 Å². The van der Waals surface area contributed by atoms with Crippen molar-refractivity contribution >= 4 is 17.4 Å². The lowest BCUT2D eigenvalue weighted by molar-refractivity contribution is -0.140. The highest BCUT2D eigenvalue weighted by Gasteiger charge is 2.45. The second-order valence-electron chi connectivity index (χ2n) is 10.1. The zero-order valence-corrected chi connectivity index (χ0v) is 22.1. The molecule has 1 amide bonds. The summed E-state index contributed by atoms with van der Waals surface area (Å²) in [7, 11) is 0. The van der Waals surface area contributed by atoms with Crippen molar-refractivity contribution in [3.8, 4) is 5.75 Å². The van der Waals surface area contributed by atoms with Crippen LogP contribution in [0, 0.1) is 0 Å². The smallest absolute Gasteiger partial charge is 0.295 e. The van der Waals surface area contributed by atoms with Crippen molar-refractivity contribution in [2.75, 3.05) is 26.2 Å². The third kappa shape index (κ3) is 5.05. The number of ketones is 1. The number of carbonyl (C=O) groups excluding carboxylic acids is 2. The first-order valence-corrected chi connectivity index (χ1v) is 13.2. The lowest BCUT2D eigenvalue weighted by Gasteiger charge is -2.27. The summed E-state index contributed by atoms with van der Waals surface area (Å²) in [5.41, 5.74) is 3.72. The first-order chi connectivity index (χ1) is 17.2. The number of rotatable bonds is 9. The van der Waals surface area contributed by atoms with Gasteiger partial charge in [0.25, 0.3) is 11.7 Å². The van der Waals surface area contributed by atoms with Gasteiger partial charge >= 0.3 is 0 Å². The molecule has 6 heteroatoms. The molecule has 0 unspecified atom stereocenters. The fourth-order valence-electron chi connectivity index (χ4n) is 5.25. The molecule has 2 aromatic carbocycles. The minimum absolute atomic E-state index is 0.0771. The molecule has 0 spiro atoms. The maximum Gasteiger partial charge on any atom is 0.295 e. The van der Waals surface area contributed by atoms with Crippen LogP contribution in [0.5, 0.6) is 5.75 Å². The summed E-state index contributed by atoms with van der Waals surface area (Å²) in [6.07, 6.45) is 1.58. The van der Waals surface area contributed by atoms with E-state index < -0.39 is 17.7 Å².